The Kier molecular flexibility index (Phi) is 7.61. The number of methoxy groups -OCH3 is 1. The lowest BCUT2D eigenvalue weighted by Crippen LogP contribution is -2.47. The predicted octanol–water partition coefficient (Wildman–Crippen LogP) is 0.699. The van der Waals surface area contributed by atoms with Gasteiger partial charge in [-0.15, -0.1) is 0 Å². The van der Waals surface area contributed by atoms with Crippen molar-refractivity contribution in [3.8, 4) is 11.5 Å². The van der Waals surface area contributed by atoms with Crippen LogP contribution >= 0.6 is 0 Å². The summed E-state index contributed by atoms with van der Waals surface area (Å²) in [7, 11) is 3.75. The van der Waals surface area contributed by atoms with Gasteiger partial charge in [0.15, 0.2) is 0 Å². The monoisotopic (exact) mass is 324 g/mol. The summed E-state index contributed by atoms with van der Waals surface area (Å²) in [5, 5.41) is 10.0. The normalized spacial score (nSPS) is 17.9. The first-order chi connectivity index (χ1) is 11.2. The molecule has 1 atom stereocenters. The van der Waals surface area contributed by atoms with Crippen LogP contribution in [0, 0.1) is 0 Å². The second kappa shape index (κ2) is 9.72. The molecule has 6 nitrogen and oxygen atoms in total. The number of β-amino-alcohol motifs (C(OH)–C–C–N with tert-alkyl or cyclic N) is 1. The summed E-state index contributed by atoms with van der Waals surface area (Å²) in [5.41, 5.74) is 0. The standard InChI is InChI=1S/C17H28N2O4/c1-18-6-8-19(9-7-18)13-15(20)14-22-10-11-23-17-5-3-4-16(12-17)21-2/h3-5,12,15,20H,6-11,13-14H2,1-2H3. The number of nitrogens with zero attached hydrogens (tertiary/aromatic N) is 2. The van der Waals surface area contributed by atoms with Crippen LogP contribution in [-0.2, 0) is 4.74 Å². The summed E-state index contributed by atoms with van der Waals surface area (Å²) in [6.07, 6.45) is -0.449. The first-order valence-corrected chi connectivity index (χ1v) is 8.11. The average Bonchev–Trinajstić information content (AvgIpc) is 2.57. The first-order valence-electron chi connectivity index (χ1n) is 8.11. The van der Waals surface area contributed by atoms with Gasteiger partial charge in [-0.1, -0.05) is 6.07 Å². The molecular formula is C17H28N2O4. The molecule has 130 valence electrons. The van der Waals surface area contributed by atoms with Crippen molar-refractivity contribution in [2.24, 2.45) is 0 Å². The number of piperazine rings is 1. The molecular weight excluding hydrogens is 296 g/mol. The minimum atomic E-state index is -0.449. The number of aliphatic hydroxyl groups is 1. The van der Waals surface area contributed by atoms with Crippen molar-refractivity contribution in [3.05, 3.63) is 24.3 Å². The number of ether oxygens (including phenoxy) is 3. The molecule has 1 aromatic rings. The van der Waals surface area contributed by atoms with Crippen LogP contribution in [0.5, 0.6) is 11.5 Å². The Balaban J connectivity index is 1.54. The molecule has 1 aliphatic rings. The predicted molar refractivity (Wildman–Crippen MR) is 89.3 cm³/mol. The van der Waals surface area contributed by atoms with E-state index in [1.165, 1.54) is 0 Å². The number of hydrogen-bond donors (Lipinski definition) is 1. The van der Waals surface area contributed by atoms with E-state index in [9.17, 15) is 5.11 Å². The average molecular weight is 324 g/mol. The fourth-order valence-electron chi connectivity index (χ4n) is 2.51. The minimum Gasteiger partial charge on any atom is -0.497 e. The highest BCUT2D eigenvalue weighted by atomic mass is 16.5. The number of rotatable bonds is 9. The molecule has 1 unspecified atom stereocenters. The maximum Gasteiger partial charge on any atom is 0.123 e. The third-order valence-electron chi connectivity index (χ3n) is 3.91. The van der Waals surface area contributed by atoms with E-state index in [-0.39, 0.29) is 0 Å². The summed E-state index contributed by atoms with van der Waals surface area (Å²) in [4.78, 5) is 4.58. The van der Waals surface area contributed by atoms with Gasteiger partial charge in [0.1, 0.15) is 18.1 Å². The van der Waals surface area contributed by atoms with E-state index >= 15 is 0 Å². The zero-order valence-electron chi connectivity index (χ0n) is 14.1. The van der Waals surface area contributed by atoms with Crippen molar-refractivity contribution < 1.29 is 19.3 Å². The summed E-state index contributed by atoms with van der Waals surface area (Å²) in [5.74, 6) is 1.52. The van der Waals surface area contributed by atoms with Crippen LogP contribution < -0.4 is 9.47 Å². The summed E-state index contributed by atoms with van der Waals surface area (Å²) >= 11 is 0. The van der Waals surface area contributed by atoms with E-state index in [2.05, 4.69) is 16.8 Å². The third kappa shape index (κ3) is 6.74. The van der Waals surface area contributed by atoms with Crippen LogP contribution in [0.15, 0.2) is 24.3 Å². The molecule has 0 amide bonds. The van der Waals surface area contributed by atoms with Gasteiger partial charge in [-0.25, -0.2) is 0 Å². The van der Waals surface area contributed by atoms with Crippen LogP contribution in [-0.4, -0.2) is 87.7 Å². The summed E-state index contributed by atoms with van der Waals surface area (Å²) in [6, 6.07) is 7.47. The molecule has 1 saturated heterocycles. The second-order valence-electron chi connectivity index (χ2n) is 5.86. The number of hydrogen-bond acceptors (Lipinski definition) is 6. The van der Waals surface area contributed by atoms with Gasteiger partial charge >= 0.3 is 0 Å². The Bertz CT molecular complexity index is 450. The topological polar surface area (TPSA) is 54.4 Å². The molecule has 0 saturated carbocycles. The van der Waals surface area contributed by atoms with E-state index in [1.54, 1.807) is 7.11 Å². The Labute approximate surface area is 138 Å². The Morgan fingerprint density at radius 3 is 2.61 bits per heavy atom. The lowest BCUT2D eigenvalue weighted by molar-refractivity contribution is 0.00149. The van der Waals surface area contributed by atoms with Gasteiger partial charge in [0.25, 0.3) is 0 Å². The molecule has 0 aliphatic carbocycles. The molecule has 1 aliphatic heterocycles. The van der Waals surface area contributed by atoms with Crippen molar-refractivity contribution >= 4 is 0 Å². The third-order valence-corrected chi connectivity index (χ3v) is 3.91. The van der Waals surface area contributed by atoms with Gasteiger partial charge < -0.3 is 24.2 Å². The van der Waals surface area contributed by atoms with Gasteiger partial charge in [-0.3, -0.25) is 4.90 Å². The summed E-state index contributed by atoms with van der Waals surface area (Å²) in [6.45, 7) is 6.05. The zero-order valence-corrected chi connectivity index (χ0v) is 14.1. The highest BCUT2D eigenvalue weighted by Crippen LogP contribution is 2.18. The smallest absolute Gasteiger partial charge is 0.123 e. The van der Waals surface area contributed by atoms with Crippen LogP contribution in [0.4, 0.5) is 0 Å². The van der Waals surface area contributed by atoms with Gasteiger partial charge in [0.2, 0.25) is 0 Å². The molecule has 1 heterocycles. The second-order valence-corrected chi connectivity index (χ2v) is 5.86. The van der Waals surface area contributed by atoms with E-state index < -0.39 is 6.10 Å². The van der Waals surface area contributed by atoms with Crippen molar-refractivity contribution in [1.29, 1.82) is 0 Å². The Morgan fingerprint density at radius 2 is 1.87 bits per heavy atom. The molecule has 0 aromatic heterocycles. The largest absolute Gasteiger partial charge is 0.497 e. The van der Waals surface area contributed by atoms with Crippen LogP contribution in [0.3, 0.4) is 0 Å². The molecule has 0 bridgehead atoms. The van der Waals surface area contributed by atoms with Crippen LogP contribution in [0.1, 0.15) is 0 Å². The van der Waals surface area contributed by atoms with E-state index in [1.807, 2.05) is 24.3 Å². The van der Waals surface area contributed by atoms with E-state index in [0.29, 0.717) is 26.4 Å². The highest BCUT2D eigenvalue weighted by molar-refractivity contribution is 5.32. The molecule has 1 fully saturated rings. The van der Waals surface area contributed by atoms with Crippen LogP contribution in [0.2, 0.25) is 0 Å². The fraction of sp³-hybridized carbons (Fsp3) is 0.647. The van der Waals surface area contributed by atoms with Gasteiger partial charge in [0.05, 0.1) is 26.4 Å². The quantitative estimate of drug-likeness (QED) is 0.675. The Morgan fingerprint density at radius 1 is 1.13 bits per heavy atom. The van der Waals surface area contributed by atoms with Crippen molar-refractivity contribution in [2.45, 2.75) is 6.10 Å². The number of aliphatic hydroxyl groups excluding tert-OH is 1. The van der Waals surface area contributed by atoms with E-state index in [4.69, 9.17) is 14.2 Å². The van der Waals surface area contributed by atoms with Crippen molar-refractivity contribution in [1.82, 2.24) is 9.80 Å². The first kappa shape index (κ1) is 18.0. The summed E-state index contributed by atoms with van der Waals surface area (Å²) < 4.78 is 16.2. The van der Waals surface area contributed by atoms with Gasteiger partial charge in [-0.2, -0.15) is 0 Å². The van der Waals surface area contributed by atoms with Crippen LogP contribution in [0.25, 0.3) is 0 Å². The van der Waals surface area contributed by atoms with Gasteiger partial charge in [0, 0.05) is 38.8 Å². The molecule has 1 aromatic carbocycles. The minimum absolute atomic E-state index is 0.341. The lowest BCUT2D eigenvalue weighted by Gasteiger charge is -2.33. The highest BCUT2D eigenvalue weighted by Gasteiger charge is 2.16. The SMILES string of the molecule is COc1cccc(OCCOCC(O)CN2CCN(C)CC2)c1. The van der Waals surface area contributed by atoms with E-state index in [0.717, 1.165) is 37.7 Å². The molecule has 6 heteroatoms. The molecule has 1 N–H and O–H groups in total. The van der Waals surface area contributed by atoms with Crippen molar-refractivity contribution in [3.63, 3.8) is 0 Å². The number of likely N-dealkylation sites (N-methyl/N-ethyl adjacent to an activating group) is 1. The molecule has 23 heavy (non-hydrogen) atoms. The number of benzene rings is 1. The maximum atomic E-state index is 10.0. The molecule has 0 spiro atoms. The van der Waals surface area contributed by atoms with Gasteiger partial charge in [-0.05, 0) is 19.2 Å². The lowest BCUT2D eigenvalue weighted by atomic mass is 10.3. The molecule has 0 radical (unpaired) electrons. The zero-order chi connectivity index (χ0) is 16.5. The Hall–Kier alpha value is -1.34. The maximum absolute atomic E-state index is 10.0. The molecule has 2 rings (SSSR count). The fourth-order valence-corrected chi connectivity index (χ4v) is 2.51. The van der Waals surface area contributed by atoms with Crippen molar-refractivity contribution in [2.75, 3.05) is 66.7 Å².